The number of nitrogens with one attached hydrogen (secondary N) is 1. The maximum atomic E-state index is 12.8. The maximum Gasteiger partial charge on any atom is 0.342 e. The number of benzene rings is 2. The topological polar surface area (TPSA) is 75.6 Å². The number of aryl methyl sites for hydroxylation is 1. The van der Waals surface area contributed by atoms with Gasteiger partial charge in [0, 0.05) is 5.69 Å². The Morgan fingerprint density at radius 2 is 1.83 bits per heavy atom. The fraction of sp³-hybridized carbons (Fsp3) is 0.176. The third-order valence-electron chi connectivity index (χ3n) is 3.14. The van der Waals surface area contributed by atoms with E-state index in [-0.39, 0.29) is 11.3 Å². The molecule has 2 aromatic carbocycles. The van der Waals surface area contributed by atoms with Gasteiger partial charge in [0.25, 0.3) is 5.91 Å². The van der Waals surface area contributed by atoms with Crippen molar-refractivity contribution < 1.29 is 23.8 Å². The SMILES string of the molecule is Cc1ccc(O)c(C(=O)O[C@@H](C)C(=O)Nc2ccc(F)cc2)c1. The Bertz CT molecular complexity index is 728. The monoisotopic (exact) mass is 317 g/mol. The van der Waals surface area contributed by atoms with Crippen LogP contribution in [-0.4, -0.2) is 23.1 Å². The van der Waals surface area contributed by atoms with Gasteiger partial charge in [0.15, 0.2) is 6.10 Å². The second-order valence-corrected chi connectivity index (χ2v) is 5.06. The van der Waals surface area contributed by atoms with E-state index < -0.39 is 23.8 Å². The van der Waals surface area contributed by atoms with E-state index in [4.69, 9.17) is 4.74 Å². The number of anilines is 1. The zero-order valence-electron chi connectivity index (χ0n) is 12.7. The first-order valence-corrected chi connectivity index (χ1v) is 6.94. The second kappa shape index (κ2) is 6.91. The van der Waals surface area contributed by atoms with Crippen molar-refractivity contribution in [2.75, 3.05) is 5.32 Å². The largest absolute Gasteiger partial charge is 0.507 e. The summed E-state index contributed by atoms with van der Waals surface area (Å²) in [5.41, 5.74) is 1.15. The lowest BCUT2D eigenvalue weighted by atomic mass is 10.1. The van der Waals surface area contributed by atoms with Crippen LogP contribution in [0.4, 0.5) is 10.1 Å². The number of ether oxygens (including phenoxy) is 1. The zero-order chi connectivity index (χ0) is 17.0. The summed E-state index contributed by atoms with van der Waals surface area (Å²) in [6.07, 6.45) is -1.08. The van der Waals surface area contributed by atoms with E-state index in [1.54, 1.807) is 13.0 Å². The molecule has 6 heteroatoms. The molecule has 0 aromatic heterocycles. The highest BCUT2D eigenvalue weighted by molar-refractivity contribution is 5.98. The highest BCUT2D eigenvalue weighted by Gasteiger charge is 2.21. The van der Waals surface area contributed by atoms with Gasteiger partial charge in [0.2, 0.25) is 0 Å². The number of carbonyl (C=O) groups is 2. The molecule has 5 nitrogen and oxygen atoms in total. The molecule has 0 spiro atoms. The van der Waals surface area contributed by atoms with Crippen molar-refractivity contribution in [1.82, 2.24) is 0 Å². The van der Waals surface area contributed by atoms with Crippen LogP contribution in [0.2, 0.25) is 0 Å². The minimum Gasteiger partial charge on any atom is -0.507 e. The third-order valence-corrected chi connectivity index (χ3v) is 3.14. The number of hydrogen-bond acceptors (Lipinski definition) is 4. The van der Waals surface area contributed by atoms with E-state index in [0.717, 1.165) is 5.56 Å². The van der Waals surface area contributed by atoms with Crippen LogP contribution >= 0.6 is 0 Å². The predicted molar refractivity (Wildman–Crippen MR) is 82.8 cm³/mol. The van der Waals surface area contributed by atoms with Gasteiger partial charge in [-0.3, -0.25) is 4.79 Å². The van der Waals surface area contributed by atoms with Gasteiger partial charge in [-0.25, -0.2) is 9.18 Å². The van der Waals surface area contributed by atoms with Crippen molar-refractivity contribution in [3.8, 4) is 5.75 Å². The number of aromatic hydroxyl groups is 1. The predicted octanol–water partition coefficient (Wildman–Crippen LogP) is 3.02. The summed E-state index contributed by atoms with van der Waals surface area (Å²) < 4.78 is 17.9. The standard InChI is InChI=1S/C17H16FNO4/c1-10-3-8-15(20)14(9-10)17(22)23-11(2)16(21)19-13-6-4-12(18)5-7-13/h3-9,11,20H,1-2H3,(H,19,21)/t11-/m0/s1. The van der Waals surface area contributed by atoms with Gasteiger partial charge in [-0.1, -0.05) is 11.6 Å². The molecule has 120 valence electrons. The van der Waals surface area contributed by atoms with Crippen LogP contribution in [0, 0.1) is 12.7 Å². The molecule has 2 N–H and O–H groups in total. The lowest BCUT2D eigenvalue weighted by Crippen LogP contribution is -2.30. The summed E-state index contributed by atoms with van der Waals surface area (Å²) in [5, 5.41) is 12.2. The molecule has 0 aliphatic rings. The van der Waals surface area contributed by atoms with E-state index in [1.807, 2.05) is 0 Å². The number of esters is 1. The van der Waals surface area contributed by atoms with Crippen molar-refractivity contribution in [1.29, 1.82) is 0 Å². The number of carbonyl (C=O) groups excluding carboxylic acids is 2. The number of rotatable bonds is 4. The summed E-state index contributed by atoms with van der Waals surface area (Å²) in [6.45, 7) is 3.17. The van der Waals surface area contributed by atoms with Gasteiger partial charge >= 0.3 is 5.97 Å². The van der Waals surface area contributed by atoms with E-state index in [1.165, 1.54) is 43.3 Å². The minimum absolute atomic E-state index is 0.00793. The summed E-state index contributed by atoms with van der Waals surface area (Å²) in [5.74, 6) is -1.99. The smallest absolute Gasteiger partial charge is 0.342 e. The van der Waals surface area contributed by atoms with Crippen LogP contribution in [0.3, 0.4) is 0 Å². The van der Waals surface area contributed by atoms with Crippen molar-refractivity contribution in [3.63, 3.8) is 0 Å². The van der Waals surface area contributed by atoms with Gasteiger partial charge in [-0.05, 0) is 50.2 Å². The summed E-state index contributed by atoms with van der Waals surface area (Å²) >= 11 is 0. The maximum absolute atomic E-state index is 12.8. The Hall–Kier alpha value is -2.89. The van der Waals surface area contributed by atoms with Crippen LogP contribution in [0.25, 0.3) is 0 Å². The Kier molecular flexibility index (Phi) is 4.95. The second-order valence-electron chi connectivity index (χ2n) is 5.06. The number of hydrogen-bond donors (Lipinski definition) is 2. The average molecular weight is 317 g/mol. The van der Waals surface area contributed by atoms with Gasteiger partial charge < -0.3 is 15.2 Å². The molecule has 0 saturated carbocycles. The normalized spacial score (nSPS) is 11.6. The molecule has 0 aliphatic carbocycles. The number of halogens is 1. The first-order chi connectivity index (χ1) is 10.9. The van der Waals surface area contributed by atoms with Crippen LogP contribution in [0.15, 0.2) is 42.5 Å². The van der Waals surface area contributed by atoms with Crippen LogP contribution in [0.1, 0.15) is 22.8 Å². The fourth-order valence-corrected chi connectivity index (χ4v) is 1.87. The minimum atomic E-state index is -1.08. The van der Waals surface area contributed by atoms with Crippen LogP contribution in [-0.2, 0) is 9.53 Å². The lowest BCUT2D eigenvalue weighted by molar-refractivity contribution is -0.123. The molecule has 23 heavy (non-hydrogen) atoms. The quantitative estimate of drug-likeness (QED) is 0.850. The molecule has 1 atom stereocenters. The summed E-state index contributed by atoms with van der Waals surface area (Å²) in [4.78, 5) is 24.0. The number of amides is 1. The molecule has 0 unspecified atom stereocenters. The van der Waals surface area contributed by atoms with Gasteiger partial charge in [-0.15, -0.1) is 0 Å². The highest BCUT2D eigenvalue weighted by Crippen LogP contribution is 2.20. The molecule has 0 saturated heterocycles. The molecule has 0 bridgehead atoms. The third kappa shape index (κ3) is 4.29. The van der Waals surface area contributed by atoms with Crippen LogP contribution < -0.4 is 5.32 Å². The van der Waals surface area contributed by atoms with Crippen molar-refractivity contribution in [2.24, 2.45) is 0 Å². The zero-order valence-corrected chi connectivity index (χ0v) is 12.7. The van der Waals surface area contributed by atoms with E-state index >= 15 is 0 Å². The Labute approximate surface area is 132 Å². The first-order valence-electron chi connectivity index (χ1n) is 6.94. The molecular weight excluding hydrogens is 301 g/mol. The Morgan fingerprint density at radius 3 is 2.48 bits per heavy atom. The van der Waals surface area contributed by atoms with Crippen molar-refractivity contribution in [3.05, 3.63) is 59.4 Å². The summed E-state index contributed by atoms with van der Waals surface area (Å²) in [7, 11) is 0. The van der Waals surface area contributed by atoms with Crippen LogP contribution in [0.5, 0.6) is 5.75 Å². The number of phenols is 1. The van der Waals surface area contributed by atoms with Gasteiger partial charge in [0.1, 0.15) is 17.1 Å². The highest BCUT2D eigenvalue weighted by atomic mass is 19.1. The lowest BCUT2D eigenvalue weighted by Gasteiger charge is -2.14. The van der Waals surface area contributed by atoms with E-state index in [9.17, 15) is 19.1 Å². The van der Waals surface area contributed by atoms with Gasteiger partial charge in [0.05, 0.1) is 0 Å². The van der Waals surface area contributed by atoms with E-state index in [0.29, 0.717) is 5.69 Å². The number of phenolic OH excluding ortho intramolecular Hbond substituents is 1. The molecule has 1 amide bonds. The molecule has 0 radical (unpaired) electrons. The molecule has 0 aliphatic heterocycles. The first kappa shape index (κ1) is 16.5. The molecule has 2 aromatic rings. The molecular formula is C17H16FNO4. The van der Waals surface area contributed by atoms with Crippen molar-refractivity contribution >= 4 is 17.6 Å². The molecule has 0 fully saturated rings. The van der Waals surface area contributed by atoms with Gasteiger partial charge in [-0.2, -0.15) is 0 Å². The average Bonchev–Trinajstić information content (AvgIpc) is 2.51. The van der Waals surface area contributed by atoms with E-state index in [2.05, 4.69) is 5.32 Å². The summed E-state index contributed by atoms with van der Waals surface area (Å²) in [6, 6.07) is 9.71. The Balaban J connectivity index is 2.01. The fourth-order valence-electron chi connectivity index (χ4n) is 1.87. The molecule has 2 rings (SSSR count). The van der Waals surface area contributed by atoms with Crippen molar-refractivity contribution in [2.45, 2.75) is 20.0 Å². The molecule has 0 heterocycles. The Morgan fingerprint density at radius 1 is 1.17 bits per heavy atom.